The van der Waals surface area contributed by atoms with E-state index in [9.17, 15) is 5.11 Å². The first-order chi connectivity index (χ1) is 13.8. The maximum absolute atomic E-state index is 10.2. The van der Waals surface area contributed by atoms with Crippen molar-refractivity contribution in [1.82, 2.24) is 0 Å². The Balaban J connectivity index is 1.44. The van der Waals surface area contributed by atoms with Gasteiger partial charge in [-0.25, -0.2) is 0 Å². The van der Waals surface area contributed by atoms with E-state index in [0.29, 0.717) is 10.8 Å². The van der Waals surface area contributed by atoms with Gasteiger partial charge in [0.05, 0.1) is 6.10 Å². The standard InChI is InChI=1S/C27H46OSe/c1-18(2)29-16-6-7-19(3)23-10-11-24-22-9-8-20-17-21(28)12-14-26(20,4)25(22)13-15-27(23,24)5/h8,18-19,21-25,28H,6-7,9-17H2,1-5H3/t19-,21-,22-,23+,24-,25-,26-,27+/m0/s1/i29-6. The molecule has 2 heteroatoms. The summed E-state index contributed by atoms with van der Waals surface area (Å²) in [5, 5.41) is 11.7. The summed E-state index contributed by atoms with van der Waals surface area (Å²) in [5.74, 6) is 4.64. The zero-order chi connectivity index (χ0) is 20.8. The Bertz CT molecular complexity index is 612. The third kappa shape index (κ3) is 4.05. The van der Waals surface area contributed by atoms with Crippen molar-refractivity contribution in [3.05, 3.63) is 11.6 Å². The molecule has 8 atom stereocenters. The fraction of sp³-hybridized carbons (Fsp3) is 0.926. The SMILES string of the molecule is CC(C)[73Se]CCC[C@H](C)[C@H]1CC[C@H]2[C@@H]3CC=C4C[C@@H](O)CC[C@]4(C)[C@H]3CC[C@]12C. The average Bonchev–Trinajstić information content (AvgIpc) is 3.03. The zero-order valence-electron chi connectivity index (χ0n) is 19.8. The van der Waals surface area contributed by atoms with Crippen LogP contribution < -0.4 is 0 Å². The van der Waals surface area contributed by atoms with E-state index in [1.165, 1.54) is 56.7 Å². The number of aliphatic hydroxyl groups is 1. The van der Waals surface area contributed by atoms with Gasteiger partial charge in [-0.05, 0) is 0 Å². The first kappa shape index (κ1) is 22.4. The van der Waals surface area contributed by atoms with Gasteiger partial charge in [-0.1, -0.05) is 0 Å². The second-order valence-electron chi connectivity index (χ2n) is 11.9. The monoisotopic (exact) mass is 459 g/mol. The van der Waals surface area contributed by atoms with Gasteiger partial charge in [0, 0.05) is 0 Å². The molecule has 0 aromatic heterocycles. The first-order valence-corrected chi connectivity index (χ1v) is 14.9. The van der Waals surface area contributed by atoms with Crippen LogP contribution in [0.4, 0.5) is 0 Å². The Hall–Kier alpha value is 0.219. The maximum atomic E-state index is 10.2. The Morgan fingerprint density at radius 2 is 1.86 bits per heavy atom. The van der Waals surface area contributed by atoms with Crippen LogP contribution in [-0.4, -0.2) is 26.2 Å². The molecular formula is C27H46OSe. The van der Waals surface area contributed by atoms with E-state index in [-0.39, 0.29) is 6.10 Å². The van der Waals surface area contributed by atoms with Gasteiger partial charge in [-0.3, -0.25) is 0 Å². The third-order valence-corrected chi connectivity index (χ3v) is 12.6. The molecule has 4 aliphatic carbocycles. The van der Waals surface area contributed by atoms with Crippen LogP contribution in [0.25, 0.3) is 0 Å². The number of hydrogen-bond donors (Lipinski definition) is 1. The Labute approximate surface area is 187 Å². The van der Waals surface area contributed by atoms with Crippen LogP contribution in [0.1, 0.15) is 98.8 Å². The van der Waals surface area contributed by atoms with E-state index in [1.54, 1.807) is 5.57 Å². The van der Waals surface area contributed by atoms with Crippen molar-refractivity contribution in [3.63, 3.8) is 0 Å². The fourth-order valence-electron chi connectivity index (χ4n) is 8.54. The van der Waals surface area contributed by atoms with E-state index in [2.05, 4.69) is 40.7 Å². The van der Waals surface area contributed by atoms with Crippen molar-refractivity contribution < 1.29 is 5.11 Å². The van der Waals surface area contributed by atoms with Gasteiger partial charge in [0.15, 0.2) is 0 Å². The molecule has 0 spiro atoms. The van der Waals surface area contributed by atoms with Crippen LogP contribution in [0.2, 0.25) is 10.1 Å². The molecular weight excluding hydrogens is 413 g/mol. The Morgan fingerprint density at radius 3 is 2.62 bits per heavy atom. The number of fused-ring (bicyclic) bond motifs is 5. The summed E-state index contributed by atoms with van der Waals surface area (Å²) in [6.07, 6.45) is 15.9. The molecule has 0 unspecified atom stereocenters. The fourth-order valence-corrected chi connectivity index (χ4v) is 10.2. The predicted molar refractivity (Wildman–Crippen MR) is 125 cm³/mol. The first-order valence-electron chi connectivity index (χ1n) is 12.7. The van der Waals surface area contributed by atoms with Gasteiger partial charge in [0.1, 0.15) is 0 Å². The molecule has 0 bridgehead atoms. The van der Waals surface area contributed by atoms with Crippen molar-refractivity contribution >= 4 is 15.0 Å². The molecule has 3 fully saturated rings. The normalized spacial score (nSPS) is 45.3. The van der Waals surface area contributed by atoms with Crippen LogP contribution in [-0.2, 0) is 0 Å². The summed E-state index contributed by atoms with van der Waals surface area (Å²) in [4.78, 5) is 0.924. The summed E-state index contributed by atoms with van der Waals surface area (Å²) >= 11 is 0.856. The summed E-state index contributed by atoms with van der Waals surface area (Å²) < 4.78 is 0. The number of allylic oxidation sites excluding steroid dienone is 1. The molecule has 0 saturated heterocycles. The van der Waals surface area contributed by atoms with Crippen LogP contribution in [0.15, 0.2) is 11.6 Å². The van der Waals surface area contributed by atoms with E-state index >= 15 is 0 Å². The number of rotatable bonds is 6. The van der Waals surface area contributed by atoms with E-state index in [0.717, 1.165) is 62.2 Å². The zero-order valence-corrected chi connectivity index (χ0v) is 21.5. The van der Waals surface area contributed by atoms with E-state index < -0.39 is 0 Å². The molecule has 3 saturated carbocycles. The molecule has 1 nitrogen and oxygen atoms in total. The Kier molecular flexibility index (Phi) is 6.67. The molecule has 0 heterocycles. The summed E-state index contributed by atoms with van der Waals surface area (Å²) in [5.41, 5.74) is 2.61. The molecule has 4 rings (SSSR count). The van der Waals surface area contributed by atoms with Gasteiger partial charge in [-0.15, -0.1) is 0 Å². The molecule has 0 radical (unpaired) electrons. The molecule has 0 amide bonds. The average molecular weight is 460 g/mol. The van der Waals surface area contributed by atoms with Crippen molar-refractivity contribution in [1.29, 1.82) is 0 Å². The van der Waals surface area contributed by atoms with Gasteiger partial charge in [0.25, 0.3) is 0 Å². The quantitative estimate of drug-likeness (QED) is 0.251. The van der Waals surface area contributed by atoms with E-state index in [4.69, 9.17) is 0 Å². The number of aliphatic hydroxyl groups excluding tert-OH is 1. The Morgan fingerprint density at radius 1 is 1.07 bits per heavy atom. The molecule has 166 valence electrons. The van der Waals surface area contributed by atoms with Crippen molar-refractivity contribution in [2.75, 3.05) is 0 Å². The van der Waals surface area contributed by atoms with Gasteiger partial charge < -0.3 is 5.11 Å². The minimum atomic E-state index is -0.0754. The third-order valence-electron chi connectivity index (χ3n) is 10.1. The molecule has 0 aliphatic heterocycles. The molecule has 0 aromatic carbocycles. The summed E-state index contributed by atoms with van der Waals surface area (Å²) in [6.45, 7) is 12.6. The number of hydrogen-bond acceptors (Lipinski definition) is 1. The van der Waals surface area contributed by atoms with Crippen LogP contribution in [0.5, 0.6) is 0 Å². The molecule has 1 N–H and O–H groups in total. The van der Waals surface area contributed by atoms with Gasteiger partial charge in [-0.2, -0.15) is 0 Å². The topological polar surface area (TPSA) is 20.2 Å². The van der Waals surface area contributed by atoms with Gasteiger partial charge >= 0.3 is 176 Å². The second kappa shape index (κ2) is 8.63. The minimum absolute atomic E-state index is 0.0754. The summed E-state index contributed by atoms with van der Waals surface area (Å²) in [7, 11) is 0. The second-order valence-corrected chi connectivity index (χ2v) is 15.5. The van der Waals surface area contributed by atoms with E-state index in [1.807, 2.05) is 0 Å². The van der Waals surface area contributed by atoms with Crippen molar-refractivity contribution in [3.8, 4) is 0 Å². The summed E-state index contributed by atoms with van der Waals surface area (Å²) in [6, 6.07) is 0. The van der Waals surface area contributed by atoms with Crippen LogP contribution in [0, 0.1) is 40.4 Å². The van der Waals surface area contributed by atoms with Crippen molar-refractivity contribution in [2.45, 2.75) is 115 Å². The molecule has 4 aliphatic rings. The van der Waals surface area contributed by atoms with Crippen LogP contribution in [0.3, 0.4) is 0 Å². The molecule has 0 aromatic rings. The van der Waals surface area contributed by atoms with Crippen molar-refractivity contribution in [2.24, 2.45) is 40.4 Å². The predicted octanol–water partition coefficient (Wildman–Crippen LogP) is 7.29. The van der Waals surface area contributed by atoms with Gasteiger partial charge in [0.2, 0.25) is 0 Å². The molecule has 29 heavy (non-hydrogen) atoms. The van der Waals surface area contributed by atoms with Crippen LogP contribution >= 0.6 is 0 Å².